The molecule has 0 spiro atoms. The van der Waals surface area contributed by atoms with Gasteiger partial charge in [0.25, 0.3) is 17.7 Å². The summed E-state index contributed by atoms with van der Waals surface area (Å²) in [4.78, 5) is 38.8. The highest BCUT2D eigenvalue weighted by atomic mass is 19.4. The third kappa shape index (κ3) is 4.13. The zero-order valence-corrected chi connectivity index (χ0v) is 15.6. The summed E-state index contributed by atoms with van der Waals surface area (Å²) in [7, 11) is 0. The van der Waals surface area contributed by atoms with Gasteiger partial charge in [0.2, 0.25) is 0 Å². The molecule has 7 nitrogen and oxygen atoms in total. The van der Waals surface area contributed by atoms with Crippen molar-refractivity contribution in [1.29, 1.82) is 0 Å². The zero-order chi connectivity index (χ0) is 22.2. The van der Waals surface area contributed by atoms with E-state index < -0.39 is 29.8 Å². The second-order valence-corrected chi connectivity index (χ2v) is 6.53. The lowest BCUT2D eigenvalue weighted by Gasteiger charge is -2.14. The Hall–Kier alpha value is -4.08. The Morgan fingerprint density at radius 3 is 2.45 bits per heavy atom. The fourth-order valence-electron chi connectivity index (χ4n) is 3.11. The maximum absolute atomic E-state index is 12.7. The van der Waals surface area contributed by atoms with E-state index in [2.05, 4.69) is 10.1 Å². The van der Waals surface area contributed by atoms with Gasteiger partial charge in [-0.05, 0) is 42.5 Å². The van der Waals surface area contributed by atoms with Gasteiger partial charge in [-0.3, -0.25) is 19.3 Å². The maximum Gasteiger partial charge on any atom is 0.573 e. The van der Waals surface area contributed by atoms with Crippen LogP contribution >= 0.6 is 0 Å². The molecule has 10 heteroatoms. The molecular weight excluding hydrogens is 417 g/mol. The first-order chi connectivity index (χ1) is 14.7. The fraction of sp³-hybridized carbons (Fsp3) is 0.0952. The van der Waals surface area contributed by atoms with E-state index in [9.17, 15) is 27.6 Å². The Kier molecular flexibility index (Phi) is 4.97. The van der Waals surface area contributed by atoms with Crippen molar-refractivity contribution in [2.45, 2.75) is 12.9 Å². The number of nitrogens with one attached hydrogen (secondary N) is 1. The lowest BCUT2D eigenvalue weighted by atomic mass is 10.1. The summed E-state index contributed by atoms with van der Waals surface area (Å²) in [5.74, 6) is -2.08. The molecule has 2 heterocycles. The van der Waals surface area contributed by atoms with Crippen LogP contribution in [0.5, 0.6) is 5.75 Å². The summed E-state index contributed by atoms with van der Waals surface area (Å²) in [5.41, 5.74) is -0.0772. The van der Waals surface area contributed by atoms with Gasteiger partial charge in [0, 0.05) is 5.56 Å². The maximum atomic E-state index is 12.7. The van der Waals surface area contributed by atoms with E-state index in [-0.39, 0.29) is 28.9 Å². The number of para-hydroxylation sites is 2. The molecule has 0 bridgehead atoms. The number of rotatable bonds is 5. The first kappa shape index (κ1) is 20.2. The number of hydrogen-bond donors (Lipinski definition) is 1. The standard InChI is InChI=1S/C21H13F3N2O5/c22-21(23,24)31-17-6-2-1-5-16(17)25-18(27)12-7-8-14-15(10-12)20(29)26(19(14)28)11-13-4-3-9-30-13/h1-10H,11H2,(H,25,27). The summed E-state index contributed by atoms with van der Waals surface area (Å²) < 4.78 is 46.8. The Balaban J connectivity index is 1.56. The van der Waals surface area contributed by atoms with Crippen LogP contribution in [0, 0.1) is 0 Å². The summed E-state index contributed by atoms with van der Waals surface area (Å²) in [6.45, 7) is -0.0664. The van der Waals surface area contributed by atoms with Crippen molar-refractivity contribution in [2.75, 3.05) is 5.32 Å². The van der Waals surface area contributed by atoms with Gasteiger partial charge in [-0.2, -0.15) is 0 Å². The third-order valence-corrected chi connectivity index (χ3v) is 4.49. The van der Waals surface area contributed by atoms with E-state index in [0.29, 0.717) is 5.76 Å². The van der Waals surface area contributed by atoms with Crippen LogP contribution in [0.2, 0.25) is 0 Å². The average molecular weight is 430 g/mol. The molecule has 0 unspecified atom stereocenters. The van der Waals surface area contributed by atoms with Crippen molar-refractivity contribution in [2.24, 2.45) is 0 Å². The molecule has 0 fully saturated rings. The predicted molar refractivity (Wildman–Crippen MR) is 100 cm³/mol. The van der Waals surface area contributed by atoms with Gasteiger partial charge in [-0.15, -0.1) is 13.2 Å². The van der Waals surface area contributed by atoms with Crippen molar-refractivity contribution in [3.8, 4) is 5.75 Å². The molecule has 0 saturated carbocycles. The SMILES string of the molecule is O=C(Nc1ccccc1OC(F)(F)F)c1ccc2c(c1)C(=O)N(Cc1ccco1)C2=O. The van der Waals surface area contributed by atoms with Crippen molar-refractivity contribution in [3.05, 3.63) is 83.3 Å². The molecule has 1 aromatic heterocycles. The Bertz CT molecular complexity index is 1170. The second kappa shape index (κ2) is 7.63. The number of furan rings is 1. The van der Waals surface area contributed by atoms with Crippen molar-refractivity contribution < 1.29 is 36.7 Å². The minimum atomic E-state index is -4.93. The Morgan fingerprint density at radius 1 is 1.00 bits per heavy atom. The smallest absolute Gasteiger partial charge is 0.467 e. The molecule has 158 valence electrons. The summed E-state index contributed by atoms with van der Waals surface area (Å²) in [6.07, 6.45) is -3.52. The van der Waals surface area contributed by atoms with Gasteiger partial charge >= 0.3 is 6.36 Å². The molecule has 0 atom stereocenters. The summed E-state index contributed by atoms with van der Waals surface area (Å²) in [5, 5.41) is 2.33. The van der Waals surface area contributed by atoms with Gasteiger partial charge in [0.15, 0.2) is 5.75 Å². The number of halogens is 3. The van der Waals surface area contributed by atoms with Crippen LogP contribution in [-0.2, 0) is 6.54 Å². The highest BCUT2D eigenvalue weighted by Crippen LogP contribution is 2.31. The number of carbonyl (C=O) groups excluding carboxylic acids is 3. The first-order valence-electron chi connectivity index (χ1n) is 8.92. The molecule has 0 aliphatic carbocycles. The number of benzene rings is 2. The number of fused-ring (bicyclic) bond motifs is 1. The lowest BCUT2D eigenvalue weighted by molar-refractivity contribution is -0.274. The van der Waals surface area contributed by atoms with Crippen LogP contribution in [0.4, 0.5) is 18.9 Å². The number of amides is 3. The number of imide groups is 1. The van der Waals surface area contributed by atoms with Crippen LogP contribution < -0.4 is 10.1 Å². The number of anilines is 1. The average Bonchev–Trinajstić information content (AvgIpc) is 3.31. The van der Waals surface area contributed by atoms with Gasteiger partial charge in [0.05, 0.1) is 29.6 Å². The van der Waals surface area contributed by atoms with E-state index in [0.717, 1.165) is 11.0 Å². The van der Waals surface area contributed by atoms with E-state index >= 15 is 0 Å². The van der Waals surface area contributed by atoms with Crippen LogP contribution in [-0.4, -0.2) is 29.0 Å². The topological polar surface area (TPSA) is 88.8 Å². The zero-order valence-electron chi connectivity index (χ0n) is 15.6. The van der Waals surface area contributed by atoms with Crippen LogP contribution in [0.1, 0.15) is 36.8 Å². The predicted octanol–water partition coefficient (Wildman–Crippen LogP) is 4.23. The van der Waals surface area contributed by atoms with Crippen molar-refractivity contribution >= 4 is 23.4 Å². The molecule has 2 aromatic carbocycles. The largest absolute Gasteiger partial charge is 0.573 e. The van der Waals surface area contributed by atoms with Crippen molar-refractivity contribution in [3.63, 3.8) is 0 Å². The highest BCUT2D eigenvalue weighted by Gasteiger charge is 2.36. The number of hydrogen-bond acceptors (Lipinski definition) is 5. The Labute approximate surface area is 173 Å². The molecule has 4 rings (SSSR count). The van der Waals surface area contributed by atoms with Crippen LogP contribution in [0.15, 0.2) is 65.3 Å². The molecule has 0 radical (unpaired) electrons. The lowest BCUT2D eigenvalue weighted by Crippen LogP contribution is -2.28. The van der Waals surface area contributed by atoms with Crippen LogP contribution in [0.25, 0.3) is 0 Å². The van der Waals surface area contributed by atoms with Gasteiger partial charge in [0.1, 0.15) is 5.76 Å². The number of carbonyl (C=O) groups is 3. The first-order valence-corrected chi connectivity index (χ1v) is 8.92. The van der Waals surface area contributed by atoms with Gasteiger partial charge < -0.3 is 14.5 Å². The Morgan fingerprint density at radius 2 is 1.74 bits per heavy atom. The van der Waals surface area contributed by atoms with E-state index in [1.165, 1.54) is 42.7 Å². The fourth-order valence-corrected chi connectivity index (χ4v) is 3.11. The van der Waals surface area contributed by atoms with Gasteiger partial charge in [-0.25, -0.2) is 0 Å². The normalized spacial score (nSPS) is 13.3. The minimum Gasteiger partial charge on any atom is -0.467 e. The monoisotopic (exact) mass is 430 g/mol. The van der Waals surface area contributed by atoms with Crippen LogP contribution in [0.3, 0.4) is 0 Å². The molecule has 3 aromatic rings. The van der Waals surface area contributed by atoms with E-state index in [1.54, 1.807) is 12.1 Å². The van der Waals surface area contributed by atoms with E-state index in [1.807, 2.05) is 0 Å². The molecule has 1 N–H and O–H groups in total. The third-order valence-electron chi connectivity index (χ3n) is 4.49. The molecular formula is C21H13F3N2O5. The molecule has 3 amide bonds. The molecule has 0 saturated heterocycles. The van der Waals surface area contributed by atoms with Crippen molar-refractivity contribution in [1.82, 2.24) is 4.90 Å². The number of nitrogens with zero attached hydrogens (tertiary/aromatic N) is 1. The quantitative estimate of drug-likeness (QED) is 0.612. The summed E-state index contributed by atoms with van der Waals surface area (Å²) in [6, 6.07) is 12.1. The minimum absolute atomic E-state index is 0.0124. The molecule has 1 aliphatic rings. The number of alkyl halides is 3. The highest BCUT2D eigenvalue weighted by molar-refractivity contribution is 6.22. The molecule has 31 heavy (non-hydrogen) atoms. The van der Waals surface area contributed by atoms with Gasteiger partial charge in [-0.1, -0.05) is 12.1 Å². The molecule has 1 aliphatic heterocycles. The summed E-state index contributed by atoms with van der Waals surface area (Å²) >= 11 is 0. The van der Waals surface area contributed by atoms with E-state index in [4.69, 9.17) is 4.42 Å². The number of ether oxygens (including phenoxy) is 1. The second-order valence-electron chi connectivity index (χ2n) is 6.53.